The highest BCUT2D eigenvalue weighted by Gasteiger charge is 2.23. The molecule has 1 aliphatic heterocycles. The summed E-state index contributed by atoms with van der Waals surface area (Å²) in [6.45, 7) is 3.84. The highest BCUT2D eigenvalue weighted by molar-refractivity contribution is 6.40. The Morgan fingerprint density at radius 2 is 1.92 bits per heavy atom. The number of hydrogen-bond donors (Lipinski definition) is 4. The summed E-state index contributed by atoms with van der Waals surface area (Å²) < 4.78 is 0. The monoisotopic (exact) mass is 394 g/mol. The molecule has 0 spiro atoms. The number of rotatable bonds is 3. The van der Waals surface area contributed by atoms with Gasteiger partial charge in [0.2, 0.25) is 5.96 Å². The van der Waals surface area contributed by atoms with Gasteiger partial charge in [0.15, 0.2) is 0 Å². The number of carbonyl (C=O) groups is 1. The summed E-state index contributed by atoms with van der Waals surface area (Å²) in [4.78, 5) is 15.3. The van der Waals surface area contributed by atoms with Gasteiger partial charge < -0.3 is 10.6 Å². The third-order valence-corrected chi connectivity index (χ3v) is 4.10. The normalized spacial score (nSPS) is 14.5. The van der Waals surface area contributed by atoms with Gasteiger partial charge in [-0.25, -0.2) is 4.79 Å². The number of hydrogen-bond acceptors (Lipinski definition) is 4. The molecule has 1 aliphatic rings. The standard InChI is InChI=1S/C14H20Cl2N6O.ClH/c1-18-14(23)20-13(17)22(9-21-7-5-19-6-8-21)12-10(15)3-2-4-11(12)16;/h2-4,19H,5-9H2,1H3,(H3,17,18,20,23);1H. The lowest BCUT2D eigenvalue weighted by molar-refractivity contribution is 0.243. The number of urea groups is 1. The summed E-state index contributed by atoms with van der Waals surface area (Å²) in [7, 11) is 1.49. The highest BCUT2D eigenvalue weighted by atomic mass is 35.5. The van der Waals surface area contributed by atoms with Gasteiger partial charge in [-0.1, -0.05) is 29.3 Å². The van der Waals surface area contributed by atoms with Crippen LogP contribution in [0.5, 0.6) is 0 Å². The molecule has 0 atom stereocenters. The molecule has 0 bridgehead atoms. The number of halogens is 3. The highest BCUT2D eigenvalue weighted by Crippen LogP contribution is 2.33. The van der Waals surface area contributed by atoms with Crippen molar-refractivity contribution in [3.05, 3.63) is 28.2 Å². The van der Waals surface area contributed by atoms with Gasteiger partial charge >= 0.3 is 6.03 Å². The summed E-state index contributed by atoms with van der Waals surface area (Å²) in [6.07, 6.45) is 0. The predicted octanol–water partition coefficient (Wildman–Crippen LogP) is 1.95. The third kappa shape index (κ3) is 5.39. The molecule has 0 aromatic heterocycles. The summed E-state index contributed by atoms with van der Waals surface area (Å²) in [6, 6.07) is 4.69. The van der Waals surface area contributed by atoms with Crippen LogP contribution in [0.3, 0.4) is 0 Å². The zero-order chi connectivity index (χ0) is 16.8. The molecule has 1 fully saturated rings. The van der Waals surface area contributed by atoms with Gasteiger partial charge in [0.1, 0.15) is 0 Å². The van der Waals surface area contributed by atoms with E-state index in [-0.39, 0.29) is 18.4 Å². The van der Waals surface area contributed by atoms with Gasteiger partial charge in [-0.05, 0) is 12.1 Å². The number of nitrogens with zero attached hydrogens (tertiary/aromatic N) is 2. The molecule has 1 aromatic rings. The van der Waals surface area contributed by atoms with Crippen LogP contribution in [-0.4, -0.2) is 56.8 Å². The summed E-state index contributed by atoms with van der Waals surface area (Å²) in [5, 5.41) is 17.3. The minimum atomic E-state index is -0.469. The van der Waals surface area contributed by atoms with E-state index >= 15 is 0 Å². The van der Waals surface area contributed by atoms with Crippen molar-refractivity contribution in [3.63, 3.8) is 0 Å². The van der Waals surface area contributed by atoms with Crippen molar-refractivity contribution in [1.29, 1.82) is 5.41 Å². The van der Waals surface area contributed by atoms with Gasteiger partial charge in [0.25, 0.3) is 0 Å². The Morgan fingerprint density at radius 1 is 1.33 bits per heavy atom. The van der Waals surface area contributed by atoms with E-state index in [9.17, 15) is 4.79 Å². The van der Waals surface area contributed by atoms with Crippen molar-refractivity contribution in [1.82, 2.24) is 20.9 Å². The third-order valence-electron chi connectivity index (χ3n) is 3.49. The Bertz CT molecular complexity index is 559. The maximum absolute atomic E-state index is 11.5. The zero-order valence-electron chi connectivity index (χ0n) is 13.2. The number of para-hydroxylation sites is 1. The Morgan fingerprint density at radius 3 is 2.46 bits per heavy atom. The van der Waals surface area contributed by atoms with Crippen molar-refractivity contribution < 1.29 is 4.79 Å². The predicted molar refractivity (Wildman–Crippen MR) is 101 cm³/mol. The smallest absolute Gasteiger partial charge is 0.321 e. The van der Waals surface area contributed by atoms with Crippen LogP contribution >= 0.6 is 35.6 Å². The molecule has 0 unspecified atom stereocenters. The second-order valence-electron chi connectivity index (χ2n) is 5.06. The van der Waals surface area contributed by atoms with Crippen LogP contribution in [0, 0.1) is 5.41 Å². The van der Waals surface area contributed by atoms with Gasteiger partial charge in [-0.15, -0.1) is 12.4 Å². The van der Waals surface area contributed by atoms with Gasteiger partial charge in [-0.2, -0.15) is 0 Å². The Balaban J connectivity index is 0.00000288. The molecule has 0 saturated carbocycles. The van der Waals surface area contributed by atoms with Crippen LogP contribution < -0.4 is 20.9 Å². The number of amides is 2. The number of piperazine rings is 1. The van der Waals surface area contributed by atoms with E-state index in [1.807, 2.05) is 0 Å². The quantitative estimate of drug-likeness (QED) is 0.466. The van der Waals surface area contributed by atoms with E-state index in [0.717, 1.165) is 26.2 Å². The Kier molecular flexibility index (Phi) is 8.58. The van der Waals surface area contributed by atoms with Gasteiger partial charge in [-0.3, -0.25) is 20.5 Å². The maximum atomic E-state index is 11.5. The van der Waals surface area contributed by atoms with Crippen LogP contribution in [-0.2, 0) is 0 Å². The van der Waals surface area contributed by atoms with Crippen LogP contribution in [0.2, 0.25) is 10.0 Å². The van der Waals surface area contributed by atoms with Crippen molar-refractivity contribution >= 4 is 53.3 Å². The first-order valence-corrected chi connectivity index (χ1v) is 8.00. The van der Waals surface area contributed by atoms with E-state index in [1.54, 1.807) is 23.1 Å². The largest absolute Gasteiger partial charge is 0.341 e. The first-order chi connectivity index (χ1) is 11.0. The lowest BCUT2D eigenvalue weighted by atomic mass is 10.3. The molecule has 4 N–H and O–H groups in total. The fraction of sp³-hybridized carbons (Fsp3) is 0.429. The number of nitrogens with one attached hydrogen (secondary N) is 4. The first kappa shape index (κ1) is 20.8. The molecule has 0 aliphatic carbocycles. The number of guanidine groups is 1. The van der Waals surface area contributed by atoms with Gasteiger partial charge in [0, 0.05) is 33.2 Å². The van der Waals surface area contributed by atoms with Crippen molar-refractivity contribution in [3.8, 4) is 0 Å². The number of benzene rings is 1. The average molecular weight is 396 g/mol. The summed E-state index contributed by atoms with van der Waals surface area (Å²) in [5.41, 5.74) is 0.510. The number of carbonyl (C=O) groups excluding carboxylic acids is 1. The molecule has 1 saturated heterocycles. The molecule has 134 valence electrons. The Labute approximate surface area is 157 Å². The van der Waals surface area contributed by atoms with Crippen molar-refractivity contribution in [2.75, 3.05) is 44.8 Å². The van der Waals surface area contributed by atoms with E-state index in [1.165, 1.54) is 7.05 Å². The average Bonchev–Trinajstić information content (AvgIpc) is 2.54. The maximum Gasteiger partial charge on any atom is 0.321 e. The van der Waals surface area contributed by atoms with E-state index in [2.05, 4.69) is 20.9 Å². The number of anilines is 1. The molecule has 1 aromatic carbocycles. The zero-order valence-corrected chi connectivity index (χ0v) is 15.6. The molecule has 0 radical (unpaired) electrons. The molecule has 1 heterocycles. The molecule has 7 nitrogen and oxygen atoms in total. The fourth-order valence-electron chi connectivity index (χ4n) is 2.29. The minimum Gasteiger partial charge on any atom is -0.341 e. The minimum absolute atomic E-state index is 0. The second kappa shape index (κ2) is 9.90. The van der Waals surface area contributed by atoms with Crippen molar-refractivity contribution in [2.24, 2.45) is 0 Å². The second-order valence-corrected chi connectivity index (χ2v) is 5.87. The Hall–Kier alpha value is -1.25. The fourth-order valence-corrected chi connectivity index (χ4v) is 2.89. The van der Waals surface area contributed by atoms with Crippen LogP contribution in [0.4, 0.5) is 10.5 Å². The van der Waals surface area contributed by atoms with Crippen LogP contribution in [0.15, 0.2) is 18.2 Å². The molecule has 24 heavy (non-hydrogen) atoms. The van der Waals surface area contributed by atoms with E-state index in [4.69, 9.17) is 28.6 Å². The molecule has 10 heteroatoms. The first-order valence-electron chi connectivity index (χ1n) is 7.25. The summed E-state index contributed by atoms with van der Waals surface area (Å²) in [5.74, 6) is -0.0853. The van der Waals surface area contributed by atoms with Crippen LogP contribution in [0.1, 0.15) is 0 Å². The summed E-state index contributed by atoms with van der Waals surface area (Å²) >= 11 is 12.5. The molecule has 2 rings (SSSR count). The van der Waals surface area contributed by atoms with Gasteiger partial charge in [0.05, 0.1) is 22.4 Å². The SMILES string of the molecule is CNC(=O)NC(=N)N(CN1CCNCC1)c1c(Cl)cccc1Cl.Cl. The molecule has 2 amide bonds. The van der Waals surface area contributed by atoms with Crippen molar-refractivity contribution in [2.45, 2.75) is 0 Å². The lowest BCUT2D eigenvalue weighted by Crippen LogP contribution is -2.54. The lowest BCUT2D eigenvalue weighted by Gasteiger charge is -2.35. The van der Waals surface area contributed by atoms with E-state index < -0.39 is 6.03 Å². The molecular weight excluding hydrogens is 375 g/mol. The van der Waals surface area contributed by atoms with E-state index in [0.29, 0.717) is 22.4 Å². The topological polar surface area (TPSA) is 83.5 Å². The van der Waals surface area contributed by atoms with Crippen LogP contribution in [0.25, 0.3) is 0 Å². The molecular formula is C14H21Cl3N6O.